The fourth-order valence-corrected chi connectivity index (χ4v) is 4.68. The lowest BCUT2D eigenvalue weighted by molar-refractivity contribution is 0.460. The minimum Gasteiger partial charge on any atom is -0.356 e. The summed E-state index contributed by atoms with van der Waals surface area (Å²) >= 11 is 0. The summed E-state index contributed by atoms with van der Waals surface area (Å²) < 4.78 is 27.7. The Morgan fingerprint density at radius 2 is 1.89 bits per heavy atom. The number of hydrogen-bond acceptors (Lipinski definition) is 5. The first-order valence-electron chi connectivity index (χ1n) is 9.42. The number of nitrogens with zero attached hydrogens (tertiary/aromatic N) is 4. The monoisotopic (exact) mass is 399 g/mol. The Bertz CT molecular complexity index is 1110. The lowest BCUT2D eigenvalue weighted by Crippen LogP contribution is -2.44. The van der Waals surface area contributed by atoms with E-state index in [0.29, 0.717) is 0 Å². The van der Waals surface area contributed by atoms with Crippen molar-refractivity contribution in [1.29, 1.82) is 0 Å². The normalized spacial score (nSPS) is 16.0. The standard InChI is InChI=1S/C20H25N5O2S/c1-14-13-21-19(25-10-8-15(9-11-25)23-28(3,26)27)12-16(14)20-22-17-6-4-5-7-18(17)24(20)2/h4-7,12-13,15,23H,8-11H2,1-3H3. The molecule has 0 aliphatic carbocycles. The highest BCUT2D eigenvalue weighted by atomic mass is 32.2. The molecule has 8 heteroatoms. The van der Waals surface area contributed by atoms with Gasteiger partial charge in [-0.3, -0.25) is 0 Å². The zero-order valence-electron chi connectivity index (χ0n) is 16.4. The highest BCUT2D eigenvalue weighted by molar-refractivity contribution is 7.88. The molecule has 3 heterocycles. The van der Waals surface area contributed by atoms with Gasteiger partial charge in [-0.05, 0) is 43.5 Å². The Hall–Kier alpha value is -2.45. The second kappa shape index (κ2) is 7.18. The Morgan fingerprint density at radius 1 is 1.18 bits per heavy atom. The van der Waals surface area contributed by atoms with Crippen LogP contribution in [0, 0.1) is 6.92 Å². The molecule has 0 bridgehead atoms. The molecular weight excluding hydrogens is 374 g/mol. The minimum atomic E-state index is -3.17. The molecule has 2 aromatic heterocycles. The fraction of sp³-hybridized carbons (Fsp3) is 0.400. The molecule has 0 spiro atoms. The van der Waals surface area contributed by atoms with Crippen molar-refractivity contribution in [2.75, 3.05) is 24.2 Å². The smallest absolute Gasteiger partial charge is 0.208 e. The summed E-state index contributed by atoms with van der Waals surface area (Å²) in [6, 6.07) is 10.2. The van der Waals surface area contributed by atoms with Crippen LogP contribution >= 0.6 is 0 Å². The van der Waals surface area contributed by atoms with Crippen LogP contribution in [0.15, 0.2) is 36.5 Å². The molecule has 3 aromatic rings. The van der Waals surface area contributed by atoms with E-state index in [-0.39, 0.29) is 6.04 Å². The SMILES string of the molecule is Cc1cnc(N2CCC(NS(C)(=O)=O)CC2)cc1-c1nc2ccccc2n1C. The number of aryl methyl sites for hydroxylation is 2. The summed E-state index contributed by atoms with van der Waals surface area (Å²) in [5.74, 6) is 1.83. The van der Waals surface area contributed by atoms with Crippen LogP contribution in [0.1, 0.15) is 18.4 Å². The average Bonchev–Trinajstić information content (AvgIpc) is 2.99. The second-order valence-electron chi connectivity index (χ2n) is 7.49. The number of nitrogens with one attached hydrogen (secondary N) is 1. The first kappa shape index (κ1) is 18.9. The van der Waals surface area contributed by atoms with Gasteiger partial charge < -0.3 is 9.47 Å². The number of rotatable bonds is 4. The van der Waals surface area contributed by atoms with Gasteiger partial charge in [0.05, 0.1) is 17.3 Å². The van der Waals surface area contributed by atoms with E-state index < -0.39 is 10.0 Å². The molecule has 4 rings (SSSR count). The summed E-state index contributed by atoms with van der Waals surface area (Å²) in [6.07, 6.45) is 4.64. The summed E-state index contributed by atoms with van der Waals surface area (Å²) in [4.78, 5) is 11.7. The fourth-order valence-electron chi connectivity index (χ4n) is 3.84. The van der Waals surface area contributed by atoms with Gasteiger partial charge in [-0.25, -0.2) is 23.1 Å². The number of sulfonamides is 1. The molecule has 148 valence electrons. The van der Waals surface area contributed by atoms with Crippen molar-refractivity contribution in [3.05, 3.63) is 42.1 Å². The first-order valence-corrected chi connectivity index (χ1v) is 11.3. The van der Waals surface area contributed by atoms with Crippen LogP contribution in [0.3, 0.4) is 0 Å². The van der Waals surface area contributed by atoms with E-state index in [1.54, 1.807) is 0 Å². The quantitative estimate of drug-likeness (QED) is 0.729. The van der Waals surface area contributed by atoms with E-state index in [1.165, 1.54) is 6.26 Å². The minimum absolute atomic E-state index is 0.00370. The number of anilines is 1. The number of hydrogen-bond donors (Lipinski definition) is 1. The van der Waals surface area contributed by atoms with Crippen LogP contribution in [0.5, 0.6) is 0 Å². The molecule has 0 unspecified atom stereocenters. The maximum atomic E-state index is 11.4. The largest absolute Gasteiger partial charge is 0.356 e. The van der Waals surface area contributed by atoms with E-state index >= 15 is 0 Å². The number of imidazole rings is 1. The summed E-state index contributed by atoms with van der Waals surface area (Å²) in [5.41, 5.74) is 4.23. The maximum absolute atomic E-state index is 11.4. The highest BCUT2D eigenvalue weighted by Gasteiger charge is 2.23. The van der Waals surface area contributed by atoms with Gasteiger partial charge in [-0.1, -0.05) is 12.1 Å². The number of pyridine rings is 1. The van der Waals surface area contributed by atoms with Crippen LogP contribution in [0.25, 0.3) is 22.4 Å². The topological polar surface area (TPSA) is 80.1 Å². The molecule has 0 radical (unpaired) electrons. The molecule has 1 aliphatic heterocycles. The molecule has 1 saturated heterocycles. The molecule has 0 saturated carbocycles. The third-order valence-electron chi connectivity index (χ3n) is 5.32. The van der Waals surface area contributed by atoms with Crippen molar-refractivity contribution < 1.29 is 8.42 Å². The Labute approximate surface area is 165 Å². The molecule has 1 aromatic carbocycles. The third kappa shape index (κ3) is 3.74. The molecule has 1 aliphatic rings. The molecule has 7 nitrogen and oxygen atoms in total. The van der Waals surface area contributed by atoms with Crippen molar-refractivity contribution in [1.82, 2.24) is 19.3 Å². The highest BCUT2D eigenvalue weighted by Crippen LogP contribution is 2.29. The van der Waals surface area contributed by atoms with E-state index in [1.807, 2.05) is 38.4 Å². The summed E-state index contributed by atoms with van der Waals surface area (Å²) in [5, 5.41) is 0. The van der Waals surface area contributed by atoms with Crippen molar-refractivity contribution in [3.8, 4) is 11.4 Å². The summed E-state index contributed by atoms with van der Waals surface area (Å²) in [7, 11) is -1.13. The van der Waals surface area contributed by atoms with Gasteiger partial charge >= 0.3 is 0 Å². The predicted molar refractivity (Wildman–Crippen MR) is 112 cm³/mol. The molecule has 1 fully saturated rings. The molecule has 0 atom stereocenters. The Kier molecular flexibility index (Phi) is 4.84. The zero-order valence-corrected chi connectivity index (χ0v) is 17.2. The lowest BCUT2D eigenvalue weighted by atomic mass is 10.1. The van der Waals surface area contributed by atoms with Gasteiger partial charge in [0.15, 0.2) is 0 Å². The van der Waals surface area contributed by atoms with Crippen molar-refractivity contribution >= 4 is 26.9 Å². The molecule has 28 heavy (non-hydrogen) atoms. The van der Waals surface area contributed by atoms with Crippen LogP contribution in [-0.4, -0.2) is 48.3 Å². The molecular formula is C20H25N5O2S. The van der Waals surface area contributed by atoms with Crippen LogP contribution < -0.4 is 9.62 Å². The van der Waals surface area contributed by atoms with Gasteiger partial charge in [0.25, 0.3) is 0 Å². The Morgan fingerprint density at radius 3 is 2.57 bits per heavy atom. The van der Waals surface area contributed by atoms with Gasteiger partial charge in [0, 0.05) is 37.9 Å². The molecule has 0 amide bonds. The van der Waals surface area contributed by atoms with Crippen LogP contribution in [0.2, 0.25) is 0 Å². The van der Waals surface area contributed by atoms with E-state index in [4.69, 9.17) is 4.98 Å². The number of piperidine rings is 1. The van der Waals surface area contributed by atoms with E-state index in [0.717, 1.165) is 59.7 Å². The zero-order chi connectivity index (χ0) is 19.9. The van der Waals surface area contributed by atoms with E-state index in [2.05, 4.69) is 31.3 Å². The van der Waals surface area contributed by atoms with Crippen molar-refractivity contribution in [3.63, 3.8) is 0 Å². The maximum Gasteiger partial charge on any atom is 0.208 e. The molecule has 1 N–H and O–H groups in total. The van der Waals surface area contributed by atoms with Crippen molar-refractivity contribution in [2.45, 2.75) is 25.8 Å². The van der Waals surface area contributed by atoms with Gasteiger partial charge in [0.2, 0.25) is 10.0 Å². The van der Waals surface area contributed by atoms with Gasteiger partial charge in [-0.2, -0.15) is 0 Å². The lowest BCUT2D eigenvalue weighted by Gasteiger charge is -2.33. The predicted octanol–water partition coefficient (Wildman–Crippen LogP) is 2.46. The van der Waals surface area contributed by atoms with Crippen molar-refractivity contribution in [2.24, 2.45) is 7.05 Å². The van der Waals surface area contributed by atoms with E-state index in [9.17, 15) is 8.42 Å². The number of para-hydroxylation sites is 2. The van der Waals surface area contributed by atoms with Gasteiger partial charge in [-0.15, -0.1) is 0 Å². The number of aromatic nitrogens is 3. The van der Waals surface area contributed by atoms with Crippen LogP contribution in [0.4, 0.5) is 5.82 Å². The Balaban J connectivity index is 1.60. The number of benzene rings is 1. The summed E-state index contributed by atoms with van der Waals surface area (Å²) in [6.45, 7) is 3.59. The van der Waals surface area contributed by atoms with Gasteiger partial charge in [0.1, 0.15) is 11.6 Å². The second-order valence-corrected chi connectivity index (χ2v) is 9.27. The third-order valence-corrected chi connectivity index (χ3v) is 6.08. The average molecular weight is 400 g/mol. The number of fused-ring (bicyclic) bond motifs is 1. The first-order chi connectivity index (χ1) is 13.3. The van der Waals surface area contributed by atoms with Crippen LogP contribution in [-0.2, 0) is 17.1 Å².